The molecule has 0 fully saturated rings. The van der Waals surface area contributed by atoms with E-state index in [0.717, 1.165) is 0 Å². The van der Waals surface area contributed by atoms with Gasteiger partial charge in [-0.05, 0) is 0 Å². The molecule has 0 aromatic carbocycles. The minimum Gasteiger partial charge on any atom is -0.359 e. The second kappa shape index (κ2) is 4.71. The molecule has 1 unspecified atom stereocenters. The summed E-state index contributed by atoms with van der Waals surface area (Å²) in [5.41, 5.74) is 0. The summed E-state index contributed by atoms with van der Waals surface area (Å²) >= 11 is 0. The molecule has 0 aliphatic heterocycles. The molecule has 11 heavy (non-hydrogen) atoms. The highest BCUT2D eigenvalue weighted by atomic mass is 16.2. The molecule has 2 N–H and O–H groups in total. The van der Waals surface area contributed by atoms with Crippen molar-refractivity contribution in [3.63, 3.8) is 0 Å². The first-order valence-corrected chi connectivity index (χ1v) is 3.54. The number of carbonyl (C=O) groups is 2. The summed E-state index contributed by atoms with van der Waals surface area (Å²) in [5, 5.41) is 5.06. The van der Waals surface area contributed by atoms with Gasteiger partial charge in [-0.15, -0.1) is 0 Å². The maximum Gasteiger partial charge on any atom is 0.224 e. The van der Waals surface area contributed by atoms with E-state index in [9.17, 15) is 9.59 Å². The van der Waals surface area contributed by atoms with E-state index in [4.69, 9.17) is 0 Å². The van der Waals surface area contributed by atoms with Gasteiger partial charge in [-0.25, -0.2) is 0 Å². The lowest BCUT2D eigenvalue weighted by molar-refractivity contribution is -0.124. The Morgan fingerprint density at radius 3 is 2.36 bits per heavy atom. The topological polar surface area (TPSA) is 58.2 Å². The Balaban J connectivity index is 3.60. The van der Waals surface area contributed by atoms with Crippen LogP contribution in [0.5, 0.6) is 0 Å². The maximum absolute atomic E-state index is 10.9. The van der Waals surface area contributed by atoms with Crippen molar-refractivity contribution in [3.05, 3.63) is 0 Å². The molecule has 0 heterocycles. The number of hydrogen-bond donors (Lipinski definition) is 2. The molecule has 0 saturated carbocycles. The second-order valence-electron chi connectivity index (χ2n) is 2.45. The third kappa shape index (κ3) is 4.36. The molecular formula is C7H14N2O2. The Kier molecular flexibility index (Phi) is 4.26. The minimum atomic E-state index is -0.163. The second-order valence-corrected chi connectivity index (χ2v) is 2.45. The van der Waals surface area contributed by atoms with Crippen LogP contribution in [0.2, 0.25) is 0 Å². The molecule has 1 atom stereocenters. The summed E-state index contributed by atoms with van der Waals surface area (Å²) in [6, 6.07) is 0. The number of amides is 2. The average molecular weight is 158 g/mol. The summed E-state index contributed by atoms with van der Waals surface area (Å²) in [7, 11) is 1.58. The lowest BCUT2D eigenvalue weighted by atomic mass is 10.1. The maximum atomic E-state index is 10.9. The van der Waals surface area contributed by atoms with Crippen LogP contribution in [0.1, 0.15) is 13.8 Å². The summed E-state index contributed by atoms with van der Waals surface area (Å²) in [6.07, 6.45) is 0. The van der Waals surface area contributed by atoms with Crippen molar-refractivity contribution in [2.24, 2.45) is 5.92 Å². The van der Waals surface area contributed by atoms with Gasteiger partial charge in [0.25, 0.3) is 0 Å². The number of rotatable bonds is 3. The minimum absolute atomic E-state index is 0.0567. The van der Waals surface area contributed by atoms with Crippen LogP contribution in [-0.2, 0) is 9.59 Å². The van der Waals surface area contributed by atoms with E-state index < -0.39 is 0 Å². The molecule has 0 aliphatic rings. The zero-order valence-electron chi connectivity index (χ0n) is 7.10. The van der Waals surface area contributed by atoms with E-state index in [1.54, 1.807) is 14.0 Å². The quantitative estimate of drug-likeness (QED) is 0.582. The van der Waals surface area contributed by atoms with Gasteiger partial charge in [0.15, 0.2) is 0 Å². The third-order valence-corrected chi connectivity index (χ3v) is 1.35. The molecule has 0 spiro atoms. The van der Waals surface area contributed by atoms with Crippen molar-refractivity contribution < 1.29 is 9.59 Å². The Morgan fingerprint density at radius 1 is 1.45 bits per heavy atom. The molecule has 0 aromatic rings. The lowest BCUT2D eigenvalue weighted by Gasteiger charge is -2.09. The fourth-order valence-corrected chi connectivity index (χ4v) is 0.636. The monoisotopic (exact) mass is 158 g/mol. The van der Waals surface area contributed by atoms with Crippen LogP contribution in [0.4, 0.5) is 0 Å². The molecule has 0 rings (SSSR count). The first-order valence-electron chi connectivity index (χ1n) is 3.54. The predicted octanol–water partition coefficient (Wildman–Crippen LogP) is -0.495. The van der Waals surface area contributed by atoms with Gasteiger partial charge in [-0.3, -0.25) is 9.59 Å². The largest absolute Gasteiger partial charge is 0.359 e. The van der Waals surface area contributed by atoms with Gasteiger partial charge < -0.3 is 10.6 Å². The Labute approximate surface area is 66.4 Å². The average Bonchev–Trinajstić information content (AvgIpc) is 1.98. The van der Waals surface area contributed by atoms with Crippen LogP contribution in [0.25, 0.3) is 0 Å². The lowest BCUT2D eigenvalue weighted by Crippen LogP contribution is -2.34. The van der Waals surface area contributed by atoms with Gasteiger partial charge >= 0.3 is 0 Å². The van der Waals surface area contributed by atoms with Crippen molar-refractivity contribution in [1.82, 2.24) is 10.6 Å². The van der Waals surface area contributed by atoms with E-state index in [1.165, 1.54) is 6.92 Å². The smallest absolute Gasteiger partial charge is 0.224 e. The molecule has 4 heteroatoms. The van der Waals surface area contributed by atoms with E-state index >= 15 is 0 Å². The van der Waals surface area contributed by atoms with Crippen LogP contribution < -0.4 is 10.6 Å². The predicted molar refractivity (Wildman–Crippen MR) is 41.9 cm³/mol. The van der Waals surface area contributed by atoms with Crippen LogP contribution in [0.15, 0.2) is 0 Å². The highest BCUT2D eigenvalue weighted by Crippen LogP contribution is 1.90. The number of nitrogens with one attached hydrogen (secondary N) is 2. The Morgan fingerprint density at radius 2 is 2.00 bits per heavy atom. The van der Waals surface area contributed by atoms with E-state index in [-0.39, 0.29) is 17.7 Å². The Hall–Kier alpha value is -1.06. The van der Waals surface area contributed by atoms with Crippen molar-refractivity contribution >= 4 is 11.8 Å². The zero-order valence-corrected chi connectivity index (χ0v) is 7.10. The normalized spacial score (nSPS) is 11.9. The first kappa shape index (κ1) is 9.94. The fourth-order valence-electron chi connectivity index (χ4n) is 0.636. The summed E-state index contributed by atoms with van der Waals surface area (Å²) in [5.74, 6) is -0.330. The van der Waals surface area contributed by atoms with E-state index in [2.05, 4.69) is 10.6 Å². The molecule has 2 amide bonds. The standard InChI is InChI=1S/C7H14N2O2/c1-5(7(11)8-3)4-9-6(2)10/h5H,4H2,1-3H3,(H,8,11)(H,9,10). The summed E-state index contributed by atoms with van der Waals surface area (Å²) in [4.78, 5) is 21.3. The van der Waals surface area contributed by atoms with Gasteiger partial charge in [0.1, 0.15) is 0 Å². The van der Waals surface area contributed by atoms with Gasteiger partial charge in [-0.2, -0.15) is 0 Å². The van der Waals surface area contributed by atoms with Crippen molar-refractivity contribution in [3.8, 4) is 0 Å². The van der Waals surface area contributed by atoms with Gasteiger partial charge in [0, 0.05) is 20.5 Å². The highest BCUT2D eigenvalue weighted by Gasteiger charge is 2.09. The molecule has 0 saturated heterocycles. The summed E-state index contributed by atoms with van der Waals surface area (Å²) in [6.45, 7) is 3.58. The molecule has 64 valence electrons. The van der Waals surface area contributed by atoms with Gasteiger partial charge in [-0.1, -0.05) is 6.92 Å². The molecule has 0 bridgehead atoms. The van der Waals surface area contributed by atoms with Crippen LogP contribution in [0, 0.1) is 5.92 Å². The number of carbonyl (C=O) groups excluding carboxylic acids is 2. The van der Waals surface area contributed by atoms with Crippen molar-refractivity contribution in [2.45, 2.75) is 13.8 Å². The van der Waals surface area contributed by atoms with Gasteiger partial charge in [0.05, 0.1) is 5.92 Å². The van der Waals surface area contributed by atoms with E-state index in [0.29, 0.717) is 6.54 Å². The third-order valence-electron chi connectivity index (χ3n) is 1.35. The van der Waals surface area contributed by atoms with Crippen molar-refractivity contribution in [2.75, 3.05) is 13.6 Å². The van der Waals surface area contributed by atoms with Crippen LogP contribution in [0.3, 0.4) is 0 Å². The summed E-state index contributed by atoms with van der Waals surface area (Å²) < 4.78 is 0. The molecule has 4 nitrogen and oxygen atoms in total. The highest BCUT2D eigenvalue weighted by molar-refractivity contribution is 5.79. The number of hydrogen-bond acceptors (Lipinski definition) is 2. The molecule has 0 aromatic heterocycles. The molecular weight excluding hydrogens is 144 g/mol. The first-order chi connectivity index (χ1) is 5.07. The van der Waals surface area contributed by atoms with Crippen LogP contribution in [-0.4, -0.2) is 25.4 Å². The molecule has 0 radical (unpaired) electrons. The van der Waals surface area contributed by atoms with E-state index in [1.807, 2.05) is 0 Å². The van der Waals surface area contributed by atoms with Crippen LogP contribution >= 0.6 is 0 Å². The Bertz CT molecular complexity index is 157. The SMILES string of the molecule is CNC(=O)C(C)CNC(C)=O. The van der Waals surface area contributed by atoms with Gasteiger partial charge in [0.2, 0.25) is 11.8 Å². The molecule has 0 aliphatic carbocycles. The fraction of sp³-hybridized carbons (Fsp3) is 0.714. The zero-order chi connectivity index (χ0) is 8.85. The van der Waals surface area contributed by atoms with Crippen molar-refractivity contribution in [1.29, 1.82) is 0 Å².